The van der Waals surface area contributed by atoms with Crippen LogP contribution in [-0.2, 0) is 24.7 Å². The maximum Gasteiger partial charge on any atom is 0.325 e. The van der Waals surface area contributed by atoms with E-state index in [4.69, 9.17) is 10.6 Å². The van der Waals surface area contributed by atoms with Crippen LogP contribution in [0.1, 0.15) is 43.0 Å². The molecular formula is C24H27N5O5. The topological polar surface area (TPSA) is 143 Å². The number of urea groups is 1. The smallest absolute Gasteiger partial charge is 0.325 e. The van der Waals surface area contributed by atoms with Crippen LogP contribution in [0, 0.1) is 0 Å². The lowest BCUT2D eigenvalue weighted by Crippen LogP contribution is -2.44. The third kappa shape index (κ3) is 5.40. The van der Waals surface area contributed by atoms with E-state index in [0.29, 0.717) is 11.1 Å². The van der Waals surface area contributed by atoms with Crippen LogP contribution in [0.2, 0.25) is 0 Å². The van der Waals surface area contributed by atoms with Gasteiger partial charge in [0.2, 0.25) is 5.91 Å². The Balaban J connectivity index is 1.73. The number of carbonyl (C=O) groups excluding carboxylic acids is 4. The molecule has 4 amide bonds. The average Bonchev–Trinajstić information content (AvgIpc) is 3.04. The van der Waals surface area contributed by atoms with E-state index in [1.807, 2.05) is 6.07 Å². The SMILES string of the molecule is CCOC(=O)C[C@@H](NC(=O)CN1C(=O)N[C@](C)(c2ccc(C=NN)cc2)C1=O)c1ccccc1. The van der Waals surface area contributed by atoms with Crippen molar-refractivity contribution in [3.63, 3.8) is 0 Å². The van der Waals surface area contributed by atoms with E-state index in [1.165, 1.54) is 6.21 Å². The number of benzene rings is 2. The van der Waals surface area contributed by atoms with Crippen LogP contribution in [0.5, 0.6) is 0 Å². The molecule has 2 atom stereocenters. The highest BCUT2D eigenvalue weighted by atomic mass is 16.5. The fraction of sp³-hybridized carbons (Fsp3) is 0.292. The molecule has 1 aliphatic rings. The second-order valence-corrected chi connectivity index (χ2v) is 7.89. The van der Waals surface area contributed by atoms with Crippen molar-refractivity contribution in [1.82, 2.24) is 15.5 Å². The summed E-state index contributed by atoms with van der Waals surface area (Å²) < 4.78 is 5.01. The maximum absolute atomic E-state index is 13.1. The van der Waals surface area contributed by atoms with E-state index in [2.05, 4.69) is 15.7 Å². The Bertz CT molecular complexity index is 1090. The highest BCUT2D eigenvalue weighted by molar-refractivity contribution is 6.09. The van der Waals surface area contributed by atoms with Crippen LogP contribution in [0.25, 0.3) is 0 Å². The third-order valence-corrected chi connectivity index (χ3v) is 5.50. The highest BCUT2D eigenvalue weighted by Gasteiger charge is 2.49. The van der Waals surface area contributed by atoms with E-state index in [9.17, 15) is 19.2 Å². The molecule has 0 unspecified atom stereocenters. The van der Waals surface area contributed by atoms with Crippen molar-refractivity contribution in [2.45, 2.75) is 31.8 Å². The number of hydrazone groups is 1. The number of amides is 4. The van der Waals surface area contributed by atoms with Gasteiger partial charge in [0, 0.05) is 0 Å². The van der Waals surface area contributed by atoms with Crippen molar-refractivity contribution in [2.75, 3.05) is 13.2 Å². The lowest BCUT2D eigenvalue weighted by molar-refractivity contribution is -0.144. The van der Waals surface area contributed by atoms with E-state index in [1.54, 1.807) is 62.4 Å². The third-order valence-electron chi connectivity index (χ3n) is 5.50. The number of nitrogens with two attached hydrogens (primary N) is 1. The summed E-state index contributed by atoms with van der Waals surface area (Å²) in [5.74, 6) is 3.54. The van der Waals surface area contributed by atoms with Crippen molar-refractivity contribution in [3.8, 4) is 0 Å². The van der Waals surface area contributed by atoms with E-state index >= 15 is 0 Å². The molecule has 0 saturated carbocycles. The molecule has 2 aromatic rings. The summed E-state index contributed by atoms with van der Waals surface area (Å²) in [4.78, 5) is 51.5. The van der Waals surface area contributed by atoms with Gasteiger partial charge < -0.3 is 21.2 Å². The number of nitrogens with zero attached hydrogens (tertiary/aromatic N) is 2. The van der Waals surface area contributed by atoms with Gasteiger partial charge in [-0.25, -0.2) is 4.79 Å². The summed E-state index contributed by atoms with van der Waals surface area (Å²) in [6, 6.07) is 14.4. The van der Waals surface area contributed by atoms with Crippen molar-refractivity contribution in [2.24, 2.45) is 10.9 Å². The van der Waals surface area contributed by atoms with Crippen molar-refractivity contribution in [1.29, 1.82) is 0 Å². The Labute approximate surface area is 197 Å². The molecule has 10 nitrogen and oxygen atoms in total. The number of hydrogen-bond acceptors (Lipinski definition) is 7. The number of nitrogens with one attached hydrogen (secondary N) is 2. The summed E-state index contributed by atoms with van der Waals surface area (Å²) in [7, 11) is 0. The average molecular weight is 466 g/mol. The molecule has 1 aliphatic heterocycles. The van der Waals surface area contributed by atoms with Crippen molar-refractivity contribution < 1.29 is 23.9 Å². The van der Waals surface area contributed by atoms with Crippen LogP contribution in [0.3, 0.4) is 0 Å². The van der Waals surface area contributed by atoms with Gasteiger partial charge >= 0.3 is 12.0 Å². The Kier molecular flexibility index (Phi) is 7.62. The molecule has 3 rings (SSSR count). The van der Waals surface area contributed by atoms with Crippen LogP contribution < -0.4 is 16.5 Å². The second kappa shape index (κ2) is 10.6. The molecule has 34 heavy (non-hydrogen) atoms. The van der Waals surface area contributed by atoms with Gasteiger partial charge in [-0.3, -0.25) is 19.3 Å². The minimum Gasteiger partial charge on any atom is -0.466 e. The first-order chi connectivity index (χ1) is 16.3. The van der Waals surface area contributed by atoms with E-state index in [-0.39, 0.29) is 13.0 Å². The van der Waals surface area contributed by atoms with Crippen molar-refractivity contribution >= 4 is 30.0 Å². The zero-order valence-electron chi connectivity index (χ0n) is 19.0. The Morgan fingerprint density at radius 3 is 2.47 bits per heavy atom. The van der Waals surface area contributed by atoms with Gasteiger partial charge in [-0.2, -0.15) is 5.10 Å². The molecule has 10 heteroatoms. The Morgan fingerprint density at radius 2 is 1.85 bits per heavy atom. The van der Waals surface area contributed by atoms with Crippen LogP contribution in [0.15, 0.2) is 59.7 Å². The van der Waals surface area contributed by atoms with Gasteiger partial charge in [0.1, 0.15) is 12.1 Å². The molecule has 1 heterocycles. The van der Waals surface area contributed by atoms with E-state index in [0.717, 1.165) is 10.5 Å². The molecule has 1 saturated heterocycles. The number of hydrogen-bond donors (Lipinski definition) is 3. The highest BCUT2D eigenvalue weighted by Crippen LogP contribution is 2.29. The summed E-state index contributed by atoms with van der Waals surface area (Å²) in [6.07, 6.45) is 1.37. The number of imide groups is 1. The van der Waals surface area contributed by atoms with Gasteiger partial charge in [0.25, 0.3) is 5.91 Å². The van der Waals surface area contributed by atoms with Gasteiger partial charge in [-0.05, 0) is 30.5 Å². The van der Waals surface area contributed by atoms with E-state index < -0.39 is 41.9 Å². The van der Waals surface area contributed by atoms with Gasteiger partial charge in [-0.15, -0.1) is 0 Å². The summed E-state index contributed by atoms with van der Waals surface area (Å²) in [6.45, 7) is 2.99. The first-order valence-corrected chi connectivity index (χ1v) is 10.8. The van der Waals surface area contributed by atoms with Gasteiger partial charge in [0.05, 0.1) is 25.3 Å². The molecule has 0 bridgehead atoms. The number of carbonyl (C=O) groups is 4. The Morgan fingerprint density at radius 1 is 1.18 bits per heavy atom. The van der Waals surface area contributed by atoms with Gasteiger partial charge in [0.15, 0.2) is 0 Å². The predicted molar refractivity (Wildman–Crippen MR) is 124 cm³/mol. The first-order valence-electron chi connectivity index (χ1n) is 10.8. The molecule has 0 aromatic heterocycles. The monoisotopic (exact) mass is 465 g/mol. The molecule has 0 radical (unpaired) electrons. The standard InChI is InChI=1S/C24H27N5O5/c1-3-34-21(31)13-19(17-7-5-4-6-8-17)27-20(30)15-29-22(32)24(2,28-23(29)33)18-11-9-16(10-12-18)14-26-25/h4-12,14,19H,3,13,15,25H2,1-2H3,(H,27,30)(H,28,33)/t19-,24-/m1/s1. The minimum atomic E-state index is -1.33. The summed E-state index contributed by atoms with van der Waals surface area (Å²) in [5.41, 5.74) is 0.648. The molecule has 178 valence electrons. The lowest BCUT2D eigenvalue weighted by atomic mass is 9.91. The molecular weight excluding hydrogens is 438 g/mol. The maximum atomic E-state index is 13.1. The zero-order valence-corrected chi connectivity index (χ0v) is 19.0. The molecule has 0 aliphatic carbocycles. The first kappa shape index (κ1) is 24.4. The predicted octanol–water partition coefficient (Wildman–Crippen LogP) is 1.56. The zero-order chi connectivity index (χ0) is 24.7. The van der Waals surface area contributed by atoms with Gasteiger partial charge in [-0.1, -0.05) is 54.6 Å². The fourth-order valence-electron chi connectivity index (χ4n) is 3.73. The number of esters is 1. The van der Waals surface area contributed by atoms with Crippen LogP contribution >= 0.6 is 0 Å². The molecule has 2 aromatic carbocycles. The van der Waals surface area contributed by atoms with Crippen LogP contribution in [0.4, 0.5) is 4.79 Å². The fourth-order valence-corrected chi connectivity index (χ4v) is 3.73. The second-order valence-electron chi connectivity index (χ2n) is 7.89. The number of ether oxygens (including phenoxy) is 1. The largest absolute Gasteiger partial charge is 0.466 e. The van der Waals surface area contributed by atoms with Crippen molar-refractivity contribution in [3.05, 3.63) is 71.3 Å². The van der Waals surface area contributed by atoms with Crippen LogP contribution in [-0.4, -0.2) is 48.1 Å². The summed E-state index contributed by atoms with van der Waals surface area (Å²) in [5, 5.41) is 8.85. The quantitative estimate of drug-likeness (QED) is 0.169. The minimum absolute atomic E-state index is 0.0834. The number of rotatable bonds is 9. The lowest BCUT2D eigenvalue weighted by Gasteiger charge is -2.23. The molecule has 0 spiro atoms. The molecule has 4 N–H and O–H groups in total. The Hall–Kier alpha value is -4.21. The summed E-state index contributed by atoms with van der Waals surface area (Å²) >= 11 is 0. The normalized spacial score (nSPS) is 18.6. The molecule has 1 fully saturated rings.